The predicted octanol–water partition coefficient (Wildman–Crippen LogP) is 1.88. The van der Waals surface area contributed by atoms with Crippen LogP contribution >= 0.6 is 0 Å². The number of rotatable bonds is 4. The number of imidazole rings is 1. The third-order valence-electron chi connectivity index (χ3n) is 3.68. The standard InChI is InChI=1S/C14H26N4/c1-5-12-8-17(6-10(2)3)14(16-12)18-7-11(4)13(15)9-18/h8,10-11,13H,5-7,9,15H2,1-4H3. The molecule has 18 heavy (non-hydrogen) atoms. The molecule has 2 rings (SSSR count). The summed E-state index contributed by atoms with van der Waals surface area (Å²) in [6.07, 6.45) is 3.19. The highest BCUT2D eigenvalue weighted by Crippen LogP contribution is 2.23. The van der Waals surface area contributed by atoms with E-state index in [1.807, 2.05) is 0 Å². The van der Waals surface area contributed by atoms with Gasteiger partial charge in [0.2, 0.25) is 5.95 Å². The maximum Gasteiger partial charge on any atom is 0.205 e. The molecule has 1 aliphatic rings. The van der Waals surface area contributed by atoms with Crippen molar-refractivity contribution in [2.75, 3.05) is 18.0 Å². The van der Waals surface area contributed by atoms with E-state index in [0.717, 1.165) is 32.0 Å². The monoisotopic (exact) mass is 250 g/mol. The lowest BCUT2D eigenvalue weighted by Gasteiger charge is -2.19. The summed E-state index contributed by atoms with van der Waals surface area (Å²) in [6.45, 7) is 11.9. The summed E-state index contributed by atoms with van der Waals surface area (Å²) in [5.74, 6) is 2.30. The molecule has 0 saturated carbocycles. The average molecular weight is 250 g/mol. The molecular formula is C14H26N4. The highest BCUT2D eigenvalue weighted by molar-refractivity contribution is 5.36. The molecule has 0 radical (unpaired) electrons. The summed E-state index contributed by atoms with van der Waals surface area (Å²) in [7, 11) is 0. The van der Waals surface area contributed by atoms with E-state index in [-0.39, 0.29) is 6.04 Å². The Morgan fingerprint density at radius 1 is 1.44 bits per heavy atom. The molecule has 2 heterocycles. The lowest BCUT2D eigenvalue weighted by molar-refractivity contribution is 0.520. The van der Waals surface area contributed by atoms with E-state index in [0.29, 0.717) is 11.8 Å². The highest BCUT2D eigenvalue weighted by Gasteiger charge is 2.29. The SMILES string of the molecule is CCc1cn(CC(C)C)c(N2CC(C)C(N)C2)n1. The van der Waals surface area contributed by atoms with Crippen molar-refractivity contribution in [3.05, 3.63) is 11.9 Å². The third kappa shape index (κ3) is 2.69. The zero-order valence-corrected chi connectivity index (χ0v) is 12.1. The van der Waals surface area contributed by atoms with E-state index >= 15 is 0 Å². The van der Waals surface area contributed by atoms with Gasteiger partial charge in [-0.1, -0.05) is 27.7 Å². The van der Waals surface area contributed by atoms with Crippen LogP contribution in [0.2, 0.25) is 0 Å². The smallest absolute Gasteiger partial charge is 0.205 e. The van der Waals surface area contributed by atoms with Gasteiger partial charge in [-0.15, -0.1) is 0 Å². The predicted molar refractivity (Wildman–Crippen MR) is 75.8 cm³/mol. The summed E-state index contributed by atoms with van der Waals surface area (Å²) in [5.41, 5.74) is 7.30. The Hall–Kier alpha value is -1.03. The van der Waals surface area contributed by atoms with Crippen molar-refractivity contribution in [1.29, 1.82) is 0 Å². The Bertz CT molecular complexity index is 386. The van der Waals surface area contributed by atoms with Gasteiger partial charge in [0.25, 0.3) is 0 Å². The van der Waals surface area contributed by atoms with Crippen LogP contribution in [0.25, 0.3) is 0 Å². The van der Waals surface area contributed by atoms with Crippen LogP contribution in [0.1, 0.15) is 33.4 Å². The number of aryl methyl sites for hydroxylation is 1. The van der Waals surface area contributed by atoms with Gasteiger partial charge in [-0.25, -0.2) is 4.98 Å². The van der Waals surface area contributed by atoms with Crippen molar-refractivity contribution in [2.45, 2.75) is 46.7 Å². The molecule has 0 amide bonds. The van der Waals surface area contributed by atoms with Gasteiger partial charge in [0.05, 0.1) is 5.69 Å². The molecule has 0 aromatic carbocycles. The molecule has 1 aromatic rings. The first-order valence-electron chi connectivity index (χ1n) is 7.07. The number of nitrogens with two attached hydrogens (primary N) is 1. The van der Waals surface area contributed by atoms with Crippen LogP contribution in [-0.2, 0) is 13.0 Å². The number of anilines is 1. The number of nitrogens with zero attached hydrogens (tertiary/aromatic N) is 3. The average Bonchev–Trinajstić information content (AvgIpc) is 2.83. The fraction of sp³-hybridized carbons (Fsp3) is 0.786. The molecule has 102 valence electrons. The normalized spacial score (nSPS) is 24.2. The van der Waals surface area contributed by atoms with Crippen molar-refractivity contribution >= 4 is 5.95 Å². The maximum absolute atomic E-state index is 6.12. The van der Waals surface area contributed by atoms with Crippen molar-refractivity contribution in [3.8, 4) is 0 Å². The highest BCUT2D eigenvalue weighted by atomic mass is 15.3. The minimum absolute atomic E-state index is 0.277. The van der Waals surface area contributed by atoms with E-state index < -0.39 is 0 Å². The first kappa shape index (κ1) is 13.4. The summed E-state index contributed by atoms with van der Waals surface area (Å²) in [6, 6.07) is 0.277. The van der Waals surface area contributed by atoms with Crippen LogP contribution in [0, 0.1) is 11.8 Å². The third-order valence-corrected chi connectivity index (χ3v) is 3.68. The summed E-state index contributed by atoms with van der Waals surface area (Å²) in [4.78, 5) is 7.11. The van der Waals surface area contributed by atoms with Crippen molar-refractivity contribution in [3.63, 3.8) is 0 Å². The van der Waals surface area contributed by atoms with Gasteiger partial charge in [-0.3, -0.25) is 0 Å². The van der Waals surface area contributed by atoms with E-state index in [1.54, 1.807) is 0 Å². The van der Waals surface area contributed by atoms with Crippen molar-refractivity contribution in [1.82, 2.24) is 9.55 Å². The fourth-order valence-corrected chi connectivity index (χ4v) is 2.56. The number of hydrogen-bond donors (Lipinski definition) is 1. The van der Waals surface area contributed by atoms with Gasteiger partial charge in [0.1, 0.15) is 0 Å². The minimum Gasteiger partial charge on any atom is -0.340 e. The molecule has 1 aromatic heterocycles. The second kappa shape index (κ2) is 5.31. The number of aromatic nitrogens is 2. The fourth-order valence-electron chi connectivity index (χ4n) is 2.56. The first-order valence-corrected chi connectivity index (χ1v) is 7.07. The van der Waals surface area contributed by atoms with Gasteiger partial charge in [-0.05, 0) is 18.3 Å². The molecule has 0 spiro atoms. The molecule has 4 nitrogen and oxygen atoms in total. The Morgan fingerprint density at radius 2 is 2.17 bits per heavy atom. The maximum atomic E-state index is 6.12. The quantitative estimate of drug-likeness (QED) is 0.887. The van der Waals surface area contributed by atoms with Crippen molar-refractivity contribution in [2.24, 2.45) is 17.6 Å². The molecule has 2 unspecified atom stereocenters. The zero-order chi connectivity index (χ0) is 13.3. The lowest BCUT2D eigenvalue weighted by Crippen LogP contribution is -2.29. The summed E-state index contributed by atoms with van der Waals surface area (Å²) < 4.78 is 2.30. The van der Waals surface area contributed by atoms with E-state index in [4.69, 9.17) is 10.7 Å². The van der Waals surface area contributed by atoms with Gasteiger partial charge in [0, 0.05) is 31.9 Å². The topological polar surface area (TPSA) is 47.1 Å². The Morgan fingerprint density at radius 3 is 2.67 bits per heavy atom. The van der Waals surface area contributed by atoms with Crippen LogP contribution in [-0.4, -0.2) is 28.7 Å². The van der Waals surface area contributed by atoms with Crippen LogP contribution in [0.3, 0.4) is 0 Å². The van der Waals surface area contributed by atoms with E-state index in [9.17, 15) is 0 Å². The molecule has 4 heteroatoms. The van der Waals surface area contributed by atoms with Crippen LogP contribution in [0.4, 0.5) is 5.95 Å². The van der Waals surface area contributed by atoms with Crippen LogP contribution in [0.15, 0.2) is 6.20 Å². The zero-order valence-electron chi connectivity index (χ0n) is 12.1. The lowest BCUT2D eigenvalue weighted by atomic mass is 10.1. The molecular weight excluding hydrogens is 224 g/mol. The molecule has 0 aliphatic carbocycles. The Balaban J connectivity index is 2.23. The van der Waals surface area contributed by atoms with Gasteiger partial charge in [-0.2, -0.15) is 0 Å². The largest absolute Gasteiger partial charge is 0.340 e. The van der Waals surface area contributed by atoms with Crippen LogP contribution in [0.5, 0.6) is 0 Å². The van der Waals surface area contributed by atoms with Crippen molar-refractivity contribution < 1.29 is 0 Å². The summed E-state index contributed by atoms with van der Waals surface area (Å²) >= 11 is 0. The van der Waals surface area contributed by atoms with E-state index in [1.165, 1.54) is 5.69 Å². The van der Waals surface area contributed by atoms with Gasteiger partial charge in [0.15, 0.2) is 0 Å². The molecule has 1 aliphatic heterocycles. The molecule has 1 fully saturated rings. The van der Waals surface area contributed by atoms with E-state index in [2.05, 4.69) is 43.4 Å². The molecule has 2 atom stereocenters. The Labute approximate surface area is 110 Å². The number of hydrogen-bond acceptors (Lipinski definition) is 3. The molecule has 2 N–H and O–H groups in total. The van der Waals surface area contributed by atoms with Gasteiger partial charge < -0.3 is 15.2 Å². The second-order valence-electron chi connectivity index (χ2n) is 5.98. The molecule has 0 bridgehead atoms. The Kier molecular flexibility index (Phi) is 3.95. The van der Waals surface area contributed by atoms with Crippen LogP contribution < -0.4 is 10.6 Å². The molecule has 1 saturated heterocycles. The minimum atomic E-state index is 0.277. The summed E-state index contributed by atoms with van der Waals surface area (Å²) in [5, 5.41) is 0. The second-order valence-corrected chi connectivity index (χ2v) is 5.98. The van der Waals surface area contributed by atoms with Gasteiger partial charge >= 0.3 is 0 Å². The first-order chi connectivity index (χ1) is 8.51.